The van der Waals surface area contributed by atoms with Crippen molar-refractivity contribution in [2.45, 2.75) is 77.1 Å². The second kappa shape index (κ2) is 6.89. The third-order valence-corrected chi connectivity index (χ3v) is 9.19. The van der Waals surface area contributed by atoms with Gasteiger partial charge in [-0.1, -0.05) is 19.0 Å². The maximum Gasteiger partial charge on any atom is 0.106 e. The molecule has 29 heavy (non-hydrogen) atoms. The molecule has 0 bridgehead atoms. The zero-order valence-electron chi connectivity index (χ0n) is 18.4. The number of nitrogens with zero attached hydrogens (tertiary/aromatic N) is 2. The molecular formula is C23H36N2O4. The zero-order chi connectivity index (χ0) is 21.2. The van der Waals surface area contributed by atoms with E-state index in [4.69, 9.17) is 4.84 Å². The Morgan fingerprint density at radius 2 is 1.86 bits per heavy atom. The third-order valence-electron chi connectivity index (χ3n) is 9.19. The summed E-state index contributed by atoms with van der Waals surface area (Å²) in [6.07, 6.45) is 5.09. The second-order valence-corrected chi connectivity index (χ2v) is 10.3. The number of rotatable bonds is 2. The minimum Gasteiger partial charge on any atom is -0.399 e. The standard InChI is InChI=1S/C23H36N2O4/c1-13(24-4)14-7-9-23(28)16-10-18(25-29-5)17-11-19(26)20(27)12-21(17,2)15(16)6-8-22(14,23)3/h10,14-15,17,19-20,26-28H,6-9,11-12H2,1-5H3/b24-13?,25-18+/t14?,15?,17?,19?,20?,21?,22?,23-/m1/s1. The Bertz CT molecular complexity index is 777. The van der Waals surface area contributed by atoms with Crippen LogP contribution in [0.3, 0.4) is 0 Å². The molecule has 7 unspecified atom stereocenters. The molecule has 3 N–H and O–H groups in total. The Hall–Kier alpha value is -1.24. The Kier molecular flexibility index (Phi) is 4.99. The number of hydrogen-bond donors (Lipinski definition) is 3. The molecule has 0 aromatic rings. The highest BCUT2D eigenvalue weighted by Crippen LogP contribution is 2.67. The van der Waals surface area contributed by atoms with E-state index in [9.17, 15) is 15.3 Å². The molecule has 6 heteroatoms. The van der Waals surface area contributed by atoms with Crippen LogP contribution in [0.2, 0.25) is 0 Å². The van der Waals surface area contributed by atoms with E-state index in [1.165, 1.54) is 7.11 Å². The van der Waals surface area contributed by atoms with E-state index in [1.807, 2.05) is 7.05 Å². The van der Waals surface area contributed by atoms with E-state index in [0.717, 1.165) is 42.7 Å². The van der Waals surface area contributed by atoms with Gasteiger partial charge in [0, 0.05) is 30.0 Å². The Morgan fingerprint density at radius 3 is 2.52 bits per heavy atom. The first-order chi connectivity index (χ1) is 13.6. The maximum absolute atomic E-state index is 12.2. The molecule has 0 heterocycles. The van der Waals surface area contributed by atoms with Gasteiger partial charge in [0.1, 0.15) is 7.11 Å². The van der Waals surface area contributed by atoms with Crippen molar-refractivity contribution in [2.24, 2.45) is 38.7 Å². The summed E-state index contributed by atoms with van der Waals surface area (Å²) in [7, 11) is 3.38. The van der Waals surface area contributed by atoms with E-state index in [1.54, 1.807) is 0 Å². The van der Waals surface area contributed by atoms with Gasteiger partial charge in [-0.15, -0.1) is 0 Å². The predicted octanol–water partition coefficient (Wildman–Crippen LogP) is 2.72. The fourth-order valence-electron chi connectivity index (χ4n) is 7.42. The number of aliphatic imine (C=N–C) groups is 1. The van der Waals surface area contributed by atoms with Gasteiger partial charge in [-0.05, 0) is 68.4 Å². The molecule has 3 fully saturated rings. The minimum absolute atomic E-state index is 0.0127. The van der Waals surface area contributed by atoms with Crippen LogP contribution in [0, 0.1) is 28.6 Å². The highest BCUT2D eigenvalue weighted by atomic mass is 16.6. The molecule has 0 aromatic carbocycles. The zero-order valence-corrected chi connectivity index (χ0v) is 18.4. The van der Waals surface area contributed by atoms with Crippen LogP contribution in [0.15, 0.2) is 21.8 Å². The summed E-state index contributed by atoms with van der Waals surface area (Å²) in [5, 5.41) is 37.3. The molecule has 8 atom stereocenters. The normalized spacial score (nSPS) is 51.2. The molecule has 4 aliphatic carbocycles. The first-order valence-corrected chi connectivity index (χ1v) is 11.0. The van der Waals surface area contributed by atoms with Crippen LogP contribution >= 0.6 is 0 Å². The molecule has 0 amide bonds. The SMILES string of the molecule is CN=C(C)C1CC[C@@]2(O)C3=C/C(=N\OC)C4CC(O)C(O)CC4(C)C3CCC12C. The average Bonchev–Trinajstić information content (AvgIpc) is 2.95. The van der Waals surface area contributed by atoms with Crippen molar-refractivity contribution in [3.8, 4) is 0 Å². The van der Waals surface area contributed by atoms with E-state index in [0.29, 0.717) is 12.8 Å². The molecule has 6 nitrogen and oxygen atoms in total. The van der Waals surface area contributed by atoms with Gasteiger partial charge < -0.3 is 20.2 Å². The third kappa shape index (κ3) is 2.71. The molecule has 0 saturated heterocycles. The number of allylic oxidation sites excluding steroid dienone is 1. The molecule has 0 spiro atoms. The van der Waals surface area contributed by atoms with Gasteiger partial charge in [-0.3, -0.25) is 4.99 Å². The molecule has 0 radical (unpaired) electrons. The van der Waals surface area contributed by atoms with Crippen LogP contribution in [0.1, 0.15) is 59.3 Å². The molecule has 3 saturated carbocycles. The lowest BCUT2D eigenvalue weighted by Gasteiger charge is -2.60. The Balaban J connectivity index is 1.84. The number of fused-ring (bicyclic) bond motifs is 5. The van der Waals surface area contributed by atoms with Crippen LogP contribution in [0.5, 0.6) is 0 Å². The van der Waals surface area contributed by atoms with Gasteiger partial charge >= 0.3 is 0 Å². The van der Waals surface area contributed by atoms with E-state index >= 15 is 0 Å². The van der Waals surface area contributed by atoms with Crippen LogP contribution < -0.4 is 0 Å². The van der Waals surface area contributed by atoms with Gasteiger partial charge in [-0.25, -0.2) is 0 Å². The topological polar surface area (TPSA) is 94.6 Å². The van der Waals surface area contributed by atoms with E-state index < -0.39 is 17.8 Å². The Labute approximate surface area is 173 Å². The number of aliphatic hydroxyl groups excluding tert-OH is 2. The molecule has 4 rings (SSSR count). The number of oxime groups is 1. The first kappa shape index (κ1) is 21.0. The fraction of sp³-hybridized carbons (Fsp3) is 0.826. The lowest BCUT2D eigenvalue weighted by atomic mass is 9.46. The predicted molar refractivity (Wildman–Crippen MR) is 113 cm³/mol. The first-order valence-electron chi connectivity index (χ1n) is 11.0. The fourth-order valence-corrected chi connectivity index (χ4v) is 7.42. The Morgan fingerprint density at radius 1 is 1.14 bits per heavy atom. The average molecular weight is 405 g/mol. The van der Waals surface area contributed by atoms with Crippen molar-refractivity contribution in [3.63, 3.8) is 0 Å². The summed E-state index contributed by atoms with van der Waals surface area (Å²) >= 11 is 0. The van der Waals surface area contributed by atoms with Gasteiger partial charge in [-0.2, -0.15) is 0 Å². The summed E-state index contributed by atoms with van der Waals surface area (Å²) < 4.78 is 0. The van der Waals surface area contributed by atoms with Gasteiger partial charge in [0.25, 0.3) is 0 Å². The quantitative estimate of drug-likeness (QED) is 0.487. The monoisotopic (exact) mass is 404 g/mol. The van der Waals surface area contributed by atoms with Crippen LogP contribution in [-0.4, -0.2) is 58.7 Å². The van der Waals surface area contributed by atoms with Crippen molar-refractivity contribution in [1.29, 1.82) is 0 Å². The largest absolute Gasteiger partial charge is 0.399 e. The van der Waals surface area contributed by atoms with Crippen LogP contribution in [-0.2, 0) is 4.84 Å². The summed E-state index contributed by atoms with van der Waals surface area (Å²) in [6, 6.07) is 0. The van der Waals surface area contributed by atoms with Gasteiger partial charge in [0.2, 0.25) is 0 Å². The highest BCUT2D eigenvalue weighted by Gasteiger charge is 2.66. The van der Waals surface area contributed by atoms with Crippen molar-refractivity contribution >= 4 is 11.4 Å². The maximum atomic E-state index is 12.2. The van der Waals surface area contributed by atoms with E-state index in [-0.39, 0.29) is 28.6 Å². The summed E-state index contributed by atoms with van der Waals surface area (Å²) in [6.45, 7) is 6.50. The smallest absolute Gasteiger partial charge is 0.106 e. The molecule has 4 aliphatic rings. The summed E-state index contributed by atoms with van der Waals surface area (Å²) in [5.74, 6) is 0.450. The highest BCUT2D eigenvalue weighted by molar-refractivity contribution is 5.99. The number of aliphatic hydroxyl groups is 3. The van der Waals surface area contributed by atoms with Crippen molar-refractivity contribution in [3.05, 3.63) is 11.6 Å². The summed E-state index contributed by atoms with van der Waals surface area (Å²) in [4.78, 5) is 9.63. The number of hydrogen-bond acceptors (Lipinski definition) is 6. The molecule has 0 aliphatic heterocycles. The summed E-state index contributed by atoms with van der Waals surface area (Å²) in [5.41, 5.74) is 1.53. The molecular weight excluding hydrogens is 368 g/mol. The van der Waals surface area contributed by atoms with Crippen LogP contribution in [0.4, 0.5) is 0 Å². The molecule has 162 valence electrons. The van der Waals surface area contributed by atoms with Crippen LogP contribution in [0.25, 0.3) is 0 Å². The molecule has 0 aromatic heterocycles. The van der Waals surface area contributed by atoms with Gasteiger partial charge in [0.15, 0.2) is 0 Å². The second-order valence-electron chi connectivity index (χ2n) is 10.3. The van der Waals surface area contributed by atoms with Gasteiger partial charge in [0.05, 0.1) is 23.5 Å². The lowest BCUT2D eigenvalue weighted by Crippen LogP contribution is -2.61. The van der Waals surface area contributed by atoms with Crippen molar-refractivity contribution < 1.29 is 20.2 Å². The van der Waals surface area contributed by atoms with Crippen molar-refractivity contribution in [1.82, 2.24) is 0 Å². The lowest BCUT2D eigenvalue weighted by molar-refractivity contribution is -0.115. The van der Waals surface area contributed by atoms with E-state index in [2.05, 4.69) is 37.0 Å². The van der Waals surface area contributed by atoms with Crippen molar-refractivity contribution in [2.75, 3.05) is 14.2 Å². The minimum atomic E-state index is -0.907.